The Morgan fingerprint density at radius 3 is 2.26 bits per heavy atom. The number of anilines is 1. The second-order valence-electron chi connectivity index (χ2n) is 9.10. The van der Waals surface area contributed by atoms with E-state index >= 15 is 0 Å². The van der Waals surface area contributed by atoms with Gasteiger partial charge in [-0.2, -0.15) is 31.4 Å². The third-order valence-corrected chi connectivity index (χ3v) is 6.67. The van der Waals surface area contributed by atoms with Crippen LogP contribution in [0, 0.1) is 11.8 Å². The van der Waals surface area contributed by atoms with Crippen molar-refractivity contribution >= 4 is 17.5 Å². The van der Waals surface area contributed by atoms with E-state index in [1.165, 1.54) is 6.07 Å². The Hall–Kier alpha value is -3.65. The van der Waals surface area contributed by atoms with Crippen molar-refractivity contribution in [2.75, 3.05) is 37.7 Å². The summed E-state index contributed by atoms with van der Waals surface area (Å²) in [6.45, 7) is 0.919. The third kappa shape index (κ3) is 6.07. The first-order chi connectivity index (χ1) is 17.8. The number of carbonyl (C=O) groups is 2. The van der Waals surface area contributed by atoms with Gasteiger partial charge < -0.3 is 14.5 Å². The largest absolute Gasteiger partial charge is 0.490 e. The van der Waals surface area contributed by atoms with Crippen LogP contribution in [0.3, 0.4) is 0 Å². The van der Waals surface area contributed by atoms with Crippen LogP contribution in [0.1, 0.15) is 30.4 Å². The Labute approximate surface area is 211 Å². The number of piperazine rings is 1. The van der Waals surface area contributed by atoms with E-state index in [-0.39, 0.29) is 24.7 Å². The van der Waals surface area contributed by atoms with Crippen molar-refractivity contribution in [2.45, 2.75) is 31.6 Å². The van der Waals surface area contributed by atoms with Crippen molar-refractivity contribution in [3.05, 3.63) is 46.0 Å². The van der Waals surface area contributed by atoms with E-state index in [9.17, 15) is 40.7 Å². The number of hydrogen-bond donors (Lipinski definition) is 1. The fourth-order valence-corrected chi connectivity index (χ4v) is 4.60. The number of aromatic amines is 1. The number of pyridine rings is 1. The van der Waals surface area contributed by atoms with Crippen LogP contribution in [0.2, 0.25) is 0 Å². The molecule has 0 unspecified atom stereocenters. The summed E-state index contributed by atoms with van der Waals surface area (Å²) in [5.74, 6) is -2.29. The van der Waals surface area contributed by atoms with Gasteiger partial charge in [0, 0.05) is 44.7 Å². The molecule has 1 saturated carbocycles. The average molecular weight is 547 g/mol. The van der Waals surface area contributed by atoms with Gasteiger partial charge in [0.1, 0.15) is 11.6 Å². The van der Waals surface area contributed by atoms with Crippen LogP contribution >= 0.6 is 0 Å². The number of alkyl halides is 6. The summed E-state index contributed by atoms with van der Waals surface area (Å²) in [6, 6.07) is 2.22. The molecule has 206 valence electrons. The van der Waals surface area contributed by atoms with E-state index in [2.05, 4.69) is 10.1 Å². The molecular formula is C23H23F6N5O4. The molecule has 1 saturated heterocycles. The van der Waals surface area contributed by atoms with Crippen LogP contribution in [-0.2, 0) is 21.9 Å². The van der Waals surface area contributed by atoms with Crippen molar-refractivity contribution in [3.8, 4) is 5.75 Å². The van der Waals surface area contributed by atoms with Gasteiger partial charge >= 0.3 is 12.4 Å². The highest BCUT2D eigenvalue weighted by molar-refractivity contribution is 5.90. The van der Waals surface area contributed by atoms with Crippen LogP contribution in [0.5, 0.6) is 5.75 Å². The summed E-state index contributed by atoms with van der Waals surface area (Å²) in [5.41, 5.74) is -3.84. The molecule has 0 aromatic carbocycles. The first-order valence-corrected chi connectivity index (χ1v) is 11.7. The number of nitrogens with zero attached hydrogens (tertiary/aromatic N) is 4. The van der Waals surface area contributed by atoms with Gasteiger partial charge in [0.05, 0.1) is 24.3 Å². The number of rotatable bonds is 6. The zero-order chi connectivity index (χ0) is 27.7. The molecule has 2 atom stereocenters. The number of Topliss-reactive ketones (excluding diaryl/α,β-unsaturated/α-hetero) is 1. The number of H-pyrrole nitrogens is 1. The molecule has 4 rings (SSSR count). The first-order valence-electron chi connectivity index (χ1n) is 11.7. The molecule has 38 heavy (non-hydrogen) atoms. The van der Waals surface area contributed by atoms with Crippen molar-refractivity contribution in [3.63, 3.8) is 0 Å². The summed E-state index contributed by atoms with van der Waals surface area (Å²) in [5, 5.41) is 5.02. The van der Waals surface area contributed by atoms with Gasteiger partial charge in [0.2, 0.25) is 5.91 Å². The Morgan fingerprint density at radius 1 is 0.974 bits per heavy atom. The molecule has 2 aliphatic rings. The number of hydrogen-bond acceptors (Lipinski definition) is 7. The molecule has 2 aromatic rings. The lowest BCUT2D eigenvalue weighted by atomic mass is 9.99. The smallest absolute Gasteiger partial charge is 0.425 e. The van der Waals surface area contributed by atoms with Gasteiger partial charge in [-0.15, -0.1) is 0 Å². The normalized spacial score (nSPS) is 20.6. The summed E-state index contributed by atoms with van der Waals surface area (Å²) in [4.78, 5) is 44.3. The molecule has 1 N–H and O–H groups in total. The summed E-state index contributed by atoms with van der Waals surface area (Å²) >= 11 is 0. The number of carbonyl (C=O) groups excluding carboxylic acids is 2. The van der Waals surface area contributed by atoms with Crippen LogP contribution in [-0.4, -0.2) is 64.6 Å². The Kier molecular flexibility index (Phi) is 7.65. The van der Waals surface area contributed by atoms with Crippen molar-refractivity contribution in [1.82, 2.24) is 20.1 Å². The molecule has 1 aliphatic carbocycles. The standard InChI is InChI=1S/C23H23F6N5O4/c24-22(25,26)15-3-4-17(30-10-15)33-5-7-34(8-6-33)18(35)9-13-1-2-14(20(13)36)12-38-16-11-31-32-21(37)19(16)23(27,28)29/h3-4,10-11,13-14H,1-2,5-9,12H2,(H,32,37)/t13-,14-/m1/s1. The molecule has 2 aromatic heterocycles. The maximum absolute atomic E-state index is 13.2. The Balaban J connectivity index is 1.27. The van der Waals surface area contributed by atoms with Crippen LogP contribution < -0.4 is 15.2 Å². The predicted molar refractivity (Wildman–Crippen MR) is 119 cm³/mol. The highest BCUT2D eigenvalue weighted by Gasteiger charge is 2.40. The topological polar surface area (TPSA) is 108 Å². The predicted octanol–water partition coefficient (Wildman–Crippen LogP) is 2.92. The van der Waals surface area contributed by atoms with Gasteiger partial charge in [0.15, 0.2) is 11.3 Å². The molecule has 1 aliphatic heterocycles. The lowest BCUT2D eigenvalue weighted by Gasteiger charge is -2.35. The average Bonchev–Trinajstić information content (AvgIpc) is 3.20. The number of aromatic nitrogens is 3. The van der Waals surface area contributed by atoms with Gasteiger partial charge in [-0.05, 0) is 25.0 Å². The molecule has 3 heterocycles. The summed E-state index contributed by atoms with van der Waals surface area (Å²) < 4.78 is 82.8. The van der Waals surface area contributed by atoms with Gasteiger partial charge in [0.25, 0.3) is 5.56 Å². The minimum Gasteiger partial charge on any atom is -0.490 e. The van der Waals surface area contributed by atoms with E-state index in [0.717, 1.165) is 18.5 Å². The van der Waals surface area contributed by atoms with Crippen LogP contribution in [0.25, 0.3) is 0 Å². The first kappa shape index (κ1) is 27.4. The molecule has 2 fully saturated rings. The lowest BCUT2D eigenvalue weighted by Crippen LogP contribution is -2.49. The monoisotopic (exact) mass is 547 g/mol. The molecule has 9 nitrogen and oxygen atoms in total. The summed E-state index contributed by atoms with van der Waals surface area (Å²) in [7, 11) is 0. The highest BCUT2D eigenvalue weighted by Crippen LogP contribution is 2.35. The zero-order valence-corrected chi connectivity index (χ0v) is 19.8. The molecule has 0 spiro atoms. The number of nitrogens with one attached hydrogen (secondary N) is 1. The quantitative estimate of drug-likeness (QED) is 0.554. The molecule has 0 bridgehead atoms. The molecule has 1 amide bonds. The Morgan fingerprint density at radius 2 is 1.66 bits per heavy atom. The van der Waals surface area contributed by atoms with Crippen molar-refractivity contribution < 1.29 is 40.7 Å². The SMILES string of the molecule is O=C1[C@@H](COc2cn[nH]c(=O)c2C(F)(F)F)CC[C@@H]1CC(=O)N1CCN(c2ccc(C(F)(F)F)cn2)CC1. The zero-order valence-electron chi connectivity index (χ0n) is 19.8. The van der Waals surface area contributed by atoms with Gasteiger partial charge in [-0.1, -0.05) is 0 Å². The lowest BCUT2D eigenvalue weighted by molar-refractivity contribution is -0.140. The maximum atomic E-state index is 13.2. The molecule has 15 heteroatoms. The maximum Gasteiger partial charge on any atom is 0.425 e. The van der Waals surface area contributed by atoms with E-state index in [1.54, 1.807) is 14.9 Å². The fraction of sp³-hybridized carbons (Fsp3) is 0.522. The van der Waals surface area contributed by atoms with Gasteiger partial charge in [-0.3, -0.25) is 14.4 Å². The second kappa shape index (κ2) is 10.6. The van der Waals surface area contributed by atoms with E-state index in [0.29, 0.717) is 44.8 Å². The number of halogens is 6. The van der Waals surface area contributed by atoms with Crippen LogP contribution in [0.4, 0.5) is 32.2 Å². The molecule has 0 radical (unpaired) electrons. The van der Waals surface area contributed by atoms with E-state index < -0.39 is 46.6 Å². The minimum absolute atomic E-state index is 0.0613. The number of amides is 1. The molecular weight excluding hydrogens is 524 g/mol. The summed E-state index contributed by atoms with van der Waals surface area (Å²) in [6.07, 6.45) is -7.33. The second-order valence-corrected chi connectivity index (χ2v) is 9.10. The fourth-order valence-electron chi connectivity index (χ4n) is 4.60. The van der Waals surface area contributed by atoms with Crippen LogP contribution in [0.15, 0.2) is 29.3 Å². The van der Waals surface area contributed by atoms with E-state index in [1.807, 2.05) is 0 Å². The minimum atomic E-state index is -4.97. The number of ketones is 1. The third-order valence-electron chi connectivity index (χ3n) is 6.67. The number of ether oxygens (including phenoxy) is 1. The van der Waals surface area contributed by atoms with Crippen molar-refractivity contribution in [1.29, 1.82) is 0 Å². The van der Waals surface area contributed by atoms with Crippen molar-refractivity contribution in [2.24, 2.45) is 11.8 Å². The van der Waals surface area contributed by atoms with E-state index in [4.69, 9.17) is 4.74 Å². The highest BCUT2D eigenvalue weighted by atomic mass is 19.4. The Bertz CT molecular complexity index is 1220. The van der Waals surface area contributed by atoms with Gasteiger partial charge in [-0.25, -0.2) is 10.1 Å².